The Bertz CT molecular complexity index is 932. The van der Waals surface area contributed by atoms with Gasteiger partial charge in [-0.15, -0.1) is 0 Å². The summed E-state index contributed by atoms with van der Waals surface area (Å²) in [4.78, 5) is 34.1. The van der Waals surface area contributed by atoms with E-state index in [4.69, 9.17) is 10.8 Å². The number of aromatic nitrogens is 2. The second kappa shape index (κ2) is 9.71. The summed E-state index contributed by atoms with van der Waals surface area (Å²) in [5.41, 5.74) is 6.08. The van der Waals surface area contributed by atoms with E-state index in [9.17, 15) is 22.8 Å². The van der Waals surface area contributed by atoms with Crippen LogP contribution < -0.4 is 20.3 Å². The highest BCUT2D eigenvalue weighted by Crippen LogP contribution is 2.26. The van der Waals surface area contributed by atoms with Crippen LogP contribution in [0.2, 0.25) is 0 Å². The van der Waals surface area contributed by atoms with Crippen molar-refractivity contribution >= 4 is 23.3 Å². The van der Waals surface area contributed by atoms with Crippen molar-refractivity contribution in [2.24, 2.45) is 11.7 Å². The molecule has 0 spiro atoms. The molecule has 0 aliphatic carbocycles. The number of aromatic hydroxyl groups is 1. The quantitative estimate of drug-likeness (QED) is 0.709. The second-order valence-corrected chi connectivity index (χ2v) is 7.29. The maximum Gasteiger partial charge on any atom is 0.422 e. The zero-order chi connectivity index (χ0) is 23.3. The summed E-state index contributed by atoms with van der Waals surface area (Å²) in [7, 11) is 0. The number of rotatable bonds is 5. The predicted molar refractivity (Wildman–Crippen MR) is 108 cm³/mol. The fraction of sp³-hybridized carbons (Fsp3) is 0.400. The lowest BCUT2D eigenvalue weighted by Crippen LogP contribution is -2.52. The number of carbonyl (C=O) groups is 2. The number of halogens is 3. The summed E-state index contributed by atoms with van der Waals surface area (Å²) in [5, 5.41) is 8.74. The fourth-order valence-corrected chi connectivity index (χ4v) is 3.11. The molecular formula is C20H22F3N5O4. The molecule has 32 heavy (non-hydrogen) atoms. The summed E-state index contributed by atoms with van der Waals surface area (Å²) < 4.78 is 39.1. The van der Waals surface area contributed by atoms with Crippen molar-refractivity contribution in [1.82, 2.24) is 9.97 Å². The molecule has 2 amide bonds. The number of amides is 2. The Balaban J connectivity index is 0.000000195. The van der Waals surface area contributed by atoms with E-state index in [0.717, 1.165) is 36.7 Å². The van der Waals surface area contributed by atoms with Crippen molar-refractivity contribution in [2.45, 2.75) is 19.0 Å². The summed E-state index contributed by atoms with van der Waals surface area (Å²) in [6.45, 7) is 0.646. The minimum absolute atomic E-state index is 0.0679. The van der Waals surface area contributed by atoms with Gasteiger partial charge in [0.05, 0.1) is 24.0 Å². The molecule has 0 bridgehead atoms. The topological polar surface area (TPSA) is 122 Å². The molecule has 0 atom stereocenters. The van der Waals surface area contributed by atoms with Crippen molar-refractivity contribution in [1.29, 1.82) is 0 Å². The lowest BCUT2D eigenvalue weighted by Gasteiger charge is -2.38. The number of hydrogen-bond acceptors (Lipinski definition) is 7. The van der Waals surface area contributed by atoms with E-state index in [1.165, 1.54) is 6.07 Å². The summed E-state index contributed by atoms with van der Waals surface area (Å²) in [5.74, 6) is 0.367. The summed E-state index contributed by atoms with van der Waals surface area (Å²) >= 11 is 0. The van der Waals surface area contributed by atoms with E-state index in [2.05, 4.69) is 14.7 Å². The molecule has 2 aromatic rings. The number of anilines is 2. The first-order valence-electron chi connectivity index (χ1n) is 9.77. The molecule has 2 aromatic heterocycles. The van der Waals surface area contributed by atoms with E-state index in [0.29, 0.717) is 19.5 Å². The van der Waals surface area contributed by atoms with Gasteiger partial charge in [-0.3, -0.25) is 9.59 Å². The van der Waals surface area contributed by atoms with Gasteiger partial charge < -0.3 is 25.4 Å². The number of ether oxygens (including phenoxy) is 1. The van der Waals surface area contributed by atoms with Gasteiger partial charge in [0.15, 0.2) is 6.61 Å². The second-order valence-electron chi connectivity index (χ2n) is 7.29. The van der Waals surface area contributed by atoms with Crippen LogP contribution in [0, 0.1) is 5.92 Å². The smallest absolute Gasteiger partial charge is 0.422 e. The average molecular weight is 453 g/mol. The average Bonchev–Trinajstić information content (AvgIpc) is 3.12. The van der Waals surface area contributed by atoms with Crippen molar-refractivity contribution in [3.63, 3.8) is 0 Å². The lowest BCUT2D eigenvalue weighted by atomic mass is 10.00. The number of pyridine rings is 2. The molecule has 9 nitrogen and oxygen atoms in total. The van der Waals surface area contributed by atoms with Gasteiger partial charge in [-0.25, -0.2) is 9.97 Å². The molecule has 3 N–H and O–H groups in total. The number of nitrogens with two attached hydrogens (primary N) is 1. The van der Waals surface area contributed by atoms with Crippen LogP contribution in [0.15, 0.2) is 36.7 Å². The summed E-state index contributed by atoms with van der Waals surface area (Å²) in [6, 6.07) is 6.14. The third-order valence-electron chi connectivity index (χ3n) is 4.83. The Kier molecular flexibility index (Phi) is 7.01. The van der Waals surface area contributed by atoms with Gasteiger partial charge in [0.2, 0.25) is 17.7 Å². The molecule has 0 aromatic carbocycles. The Labute approximate surface area is 181 Å². The number of hydrogen-bond donors (Lipinski definition) is 2. The SMILES string of the molecule is NC(=O)C1CN(c2ccc(N3CCCC3=O)cn2)C1.Oc1ccc(OCC(F)(F)F)nc1. The van der Waals surface area contributed by atoms with Gasteiger partial charge in [-0.05, 0) is 24.6 Å². The first kappa shape index (κ1) is 23.1. The number of primary amides is 1. The molecule has 4 rings (SSSR count). The van der Waals surface area contributed by atoms with Crippen LogP contribution in [0.3, 0.4) is 0 Å². The fourth-order valence-electron chi connectivity index (χ4n) is 3.11. The molecule has 2 aliphatic rings. The first-order valence-corrected chi connectivity index (χ1v) is 9.77. The Morgan fingerprint density at radius 2 is 1.94 bits per heavy atom. The molecule has 0 saturated carbocycles. The van der Waals surface area contributed by atoms with Gasteiger partial charge in [0.25, 0.3) is 0 Å². The molecule has 12 heteroatoms. The van der Waals surface area contributed by atoms with Crippen molar-refractivity contribution in [3.05, 3.63) is 36.7 Å². The Morgan fingerprint density at radius 1 is 1.19 bits per heavy atom. The summed E-state index contributed by atoms with van der Waals surface area (Å²) in [6.07, 6.45) is -0.122. The van der Waals surface area contributed by atoms with Crippen LogP contribution in [-0.2, 0) is 9.59 Å². The van der Waals surface area contributed by atoms with Gasteiger partial charge in [-0.1, -0.05) is 0 Å². The predicted octanol–water partition coefficient (Wildman–Crippen LogP) is 1.86. The van der Waals surface area contributed by atoms with Crippen molar-refractivity contribution in [2.75, 3.05) is 36.0 Å². The van der Waals surface area contributed by atoms with Crippen LogP contribution in [0.1, 0.15) is 12.8 Å². The van der Waals surface area contributed by atoms with E-state index in [-0.39, 0.29) is 29.4 Å². The molecule has 0 radical (unpaired) electrons. The monoisotopic (exact) mass is 453 g/mol. The number of nitrogens with zero attached hydrogens (tertiary/aromatic N) is 4. The number of alkyl halides is 3. The van der Waals surface area contributed by atoms with Crippen molar-refractivity contribution < 1.29 is 32.6 Å². The Morgan fingerprint density at radius 3 is 2.44 bits per heavy atom. The van der Waals surface area contributed by atoms with E-state index in [1.54, 1.807) is 11.1 Å². The molecule has 4 heterocycles. The van der Waals surface area contributed by atoms with Crippen LogP contribution in [0.5, 0.6) is 11.6 Å². The molecule has 2 saturated heterocycles. The normalized spacial score (nSPS) is 16.3. The van der Waals surface area contributed by atoms with Crippen LogP contribution >= 0.6 is 0 Å². The van der Waals surface area contributed by atoms with E-state index in [1.807, 2.05) is 17.0 Å². The molecule has 0 unspecified atom stereocenters. The molecule has 2 fully saturated rings. The van der Waals surface area contributed by atoms with Crippen molar-refractivity contribution in [3.8, 4) is 11.6 Å². The maximum atomic E-state index is 11.6. The minimum Gasteiger partial charge on any atom is -0.506 e. The highest BCUT2D eigenvalue weighted by molar-refractivity contribution is 5.95. The highest BCUT2D eigenvalue weighted by Gasteiger charge is 2.32. The maximum absolute atomic E-state index is 11.6. The Hall–Kier alpha value is -3.57. The third-order valence-corrected chi connectivity index (χ3v) is 4.83. The van der Waals surface area contributed by atoms with Crippen LogP contribution in [-0.4, -0.2) is 59.3 Å². The largest absolute Gasteiger partial charge is 0.506 e. The van der Waals surface area contributed by atoms with Crippen LogP contribution in [0.25, 0.3) is 0 Å². The van der Waals surface area contributed by atoms with Crippen LogP contribution in [0.4, 0.5) is 24.7 Å². The number of carbonyl (C=O) groups excluding carboxylic acids is 2. The van der Waals surface area contributed by atoms with Gasteiger partial charge in [0.1, 0.15) is 11.6 Å². The van der Waals surface area contributed by atoms with Gasteiger partial charge >= 0.3 is 6.18 Å². The van der Waals surface area contributed by atoms with E-state index >= 15 is 0 Å². The van der Waals surface area contributed by atoms with Gasteiger partial charge in [-0.2, -0.15) is 13.2 Å². The molecule has 172 valence electrons. The first-order chi connectivity index (χ1) is 15.1. The van der Waals surface area contributed by atoms with Gasteiger partial charge in [0, 0.05) is 32.1 Å². The lowest BCUT2D eigenvalue weighted by molar-refractivity contribution is -0.154. The third kappa shape index (κ3) is 6.22. The highest BCUT2D eigenvalue weighted by atomic mass is 19.4. The zero-order valence-electron chi connectivity index (χ0n) is 17.0. The minimum atomic E-state index is -4.38. The zero-order valence-corrected chi connectivity index (χ0v) is 17.0. The standard InChI is InChI=1S/C13H16N4O2.C7H6F3NO2/c14-13(19)9-7-16(8-9)11-4-3-10(6-15-11)17-5-1-2-12(17)18;8-7(9,10)4-13-6-2-1-5(12)3-11-6/h3-4,6,9H,1-2,5,7-8H2,(H2,14,19);1-3,12H,4H2. The molecule has 2 aliphatic heterocycles. The molecular weight excluding hydrogens is 431 g/mol. The van der Waals surface area contributed by atoms with E-state index < -0.39 is 12.8 Å².